The minimum atomic E-state index is -4.92. The number of aromatic nitrogens is 1. The molecule has 2 aliphatic heterocycles. The highest BCUT2D eigenvalue weighted by atomic mass is 19.4. The number of hydrogen-bond acceptors (Lipinski definition) is 7. The topological polar surface area (TPSA) is 140 Å². The number of aliphatic hydroxyl groups excluding tert-OH is 1. The number of nitriles is 1. The number of likely N-dealkylation sites (tertiary alicyclic amines) is 1. The first-order valence-electron chi connectivity index (χ1n) is 11.4. The van der Waals surface area contributed by atoms with E-state index in [-0.39, 0.29) is 31.0 Å². The van der Waals surface area contributed by atoms with Gasteiger partial charge in [-0.3, -0.25) is 19.2 Å². The highest BCUT2D eigenvalue weighted by molar-refractivity contribution is 5.87. The summed E-state index contributed by atoms with van der Waals surface area (Å²) in [7, 11) is 1.48. The molecule has 1 aromatic carbocycles. The third-order valence-electron chi connectivity index (χ3n) is 6.52. The molecule has 2 aromatic rings. The van der Waals surface area contributed by atoms with Crippen molar-refractivity contribution in [1.29, 1.82) is 5.26 Å². The number of benzene rings is 1. The molecule has 3 heterocycles. The number of H-pyrrole nitrogens is 1. The van der Waals surface area contributed by atoms with Gasteiger partial charge in [0.1, 0.15) is 18.0 Å². The lowest BCUT2D eigenvalue weighted by atomic mass is 9.98. The smallest absolute Gasteiger partial charge is 0.496 e. The first-order valence-corrected chi connectivity index (χ1v) is 11.4. The number of carbonyl (C=O) groups is 2. The van der Waals surface area contributed by atoms with E-state index in [0.29, 0.717) is 29.6 Å². The molecule has 13 heteroatoms. The number of amides is 2. The Bertz CT molecular complexity index is 1160. The number of nitrogens with zero attached hydrogens (tertiary/aromatic N) is 2. The summed E-state index contributed by atoms with van der Waals surface area (Å²) in [6.07, 6.45) is -7.56. The maximum atomic E-state index is 13.1. The largest absolute Gasteiger partial charge is 0.522 e. The fourth-order valence-electron chi connectivity index (χ4n) is 4.83. The average Bonchev–Trinajstić information content (AvgIpc) is 3.55. The second kappa shape index (κ2) is 10.3. The molecule has 0 spiro atoms. The first kappa shape index (κ1) is 25.7. The Kier molecular flexibility index (Phi) is 7.39. The summed E-state index contributed by atoms with van der Waals surface area (Å²) in [5.41, 5.74) is 0.880. The summed E-state index contributed by atoms with van der Waals surface area (Å²) in [5, 5.41) is 26.4. The number of methoxy groups -OCH3 is 1. The molecule has 10 nitrogen and oxygen atoms in total. The fraction of sp³-hybridized carbons (Fsp3) is 0.522. The number of hydrogen-bond donors (Lipinski definition) is 4. The Morgan fingerprint density at radius 3 is 2.83 bits per heavy atom. The summed E-state index contributed by atoms with van der Waals surface area (Å²) >= 11 is 0. The molecule has 36 heavy (non-hydrogen) atoms. The molecule has 5 unspecified atom stereocenters. The van der Waals surface area contributed by atoms with Crippen molar-refractivity contribution in [2.75, 3.05) is 20.2 Å². The van der Waals surface area contributed by atoms with E-state index in [1.165, 1.54) is 12.0 Å². The van der Waals surface area contributed by atoms with E-state index < -0.39 is 42.6 Å². The molecule has 0 aliphatic carbocycles. The van der Waals surface area contributed by atoms with Gasteiger partial charge in [0, 0.05) is 29.9 Å². The number of aliphatic hydroxyl groups is 1. The summed E-state index contributed by atoms with van der Waals surface area (Å²) in [6, 6.07) is 6.50. The SMILES string of the molecule is COc1cccc2[nH]c(C(O)N3CC(OC(F)(F)F)CC3C(=O)NC(C#N)CC3CCNC3=O)cc12. The van der Waals surface area contributed by atoms with Crippen molar-refractivity contribution < 1.29 is 37.3 Å². The Morgan fingerprint density at radius 2 is 2.19 bits per heavy atom. The summed E-state index contributed by atoms with van der Waals surface area (Å²) in [5.74, 6) is -0.858. The number of ether oxygens (including phenoxy) is 2. The van der Waals surface area contributed by atoms with Crippen LogP contribution in [0.3, 0.4) is 0 Å². The van der Waals surface area contributed by atoms with Gasteiger partial charge in [0.25, 0.3) is 0 Å². The molecule has 2 aliphatic rings. The minimum Gasteiger partial charge on any atom is -0.496 e. The molecule has 4 rings (SSSR count). The Labute approximate surface area is 204 Å². The summed E-state index contributed by atoms with van der Waals surface area (Å²) < 4.78 is 48.3. The van der Waals surface area contributed by atoms with Crippen molar-refractivity contribution in [3.63, 3.8) is 0 Å². The van der Waals surface area contributed by atoms with Crippen LogP contribution in [-0.2, 0) is 14.3 Å². The molecular weight excluding hydrogens is 483 g/mol. The second-order valence-corrected chi connectivity index (χ2v) is 8.86. The van der Waals surface area contributed by atoms with Gasteiger partial charge in [-0.2, -0.15) is 5.26 Å². The second-order valence-electron chi connectivity index (χ2n) is 8.86. The number of nitrogens with one attached hydrogen (secondary N) is 3. The van der Waals surface area contributed by atoms with E-state index >= 15 is 0 Å². The standard InChI is InChI=1S/C23H26F3N5O5/c1-35-19-4-2-3-16-15(19)9-17(30-16)22(34)31-11-14(36-23(24,25)26)8-18(31)21(33)29-13(10-27)7-12-5-6-28-20(12)32/h2-4,9,12-14,18,22,30,34H,5-8,11H2,1H3,(H,28,32)(H,29,33). The number of rotatable bonds is 8. The fourth-order valence-corrected chi connectivity index (χ4v) is 4.83. The van der Waals surface area contributed by atoms with Crippen LogP contribution in [0.1, 0.15) is 31.2 Å². The van der Waals surface area contributed by atoms with Crippen LogP contribution in [0, 0.1) is 17.2 Å². The lowest BCUT2D eigenvalue weighted by molar-refractivity contribution is -0.341. The van der Waals surface area contributed by atoms with Crippen molar-refractivity contribution in [3.8, 4) is 11.8 Å². The number of carbonyl (C=O) groups excluding carboxylic acids is 2. The van der Waals surface area contributed by atoms with E-state index in [1.54, 1.807) is 24.3 Å². The van der Waals surface area contributed by atoms with Crippen LogP contribution in [0.5, 0.6) is 5.75 Å². The van der Waals surface area contributed by atoms with Crippen LogP contribution in [0.4, 0.5) is 13.2 Å². The van der Waals surface area contributed by atoms with Crippen LogP contribution < -0.4 is 15.4 Å². The van der Waals surface area contributed by atoms with E-state index in [4.69, 9.17) is 4.74 Å². The van der Waals surface area contributed by atoms with E-state index in [0.717, 1.165) is 0 Å². The molecule has 2 saturated heterocycles. The molecule has 4 N–H and O–H groups in total. The van der Waals surface area contributed by atoms with Crippen molar-refractivity contribution in [1.82, 2.24) is 20.5 Å². The zero-order chi connectivity index (χ0) is 26.0. The minimum absolute atomic E-state index is 0.0770. The van der Waals surface area contributed by atoms with E-state index in [2.05, 4.69) is 20.4 Å². The van der Waals surface area contributed by atoms with Crippen LogP contribution in [0.25, 0.3) is 10.9 Å². The van der Waals surface area contributed by atoms with Gasteiger partial charge in [-0.15, -0.1) is 13.2 Å². The molecule has 0 radical (unpaired) electrons. The Hall–Kier alpha value is -3.34. The molecule has 0 bridgehead atoms. The lowest BCUT2D eigenvalue weighted by Crippen LogP contribution is -2.48. The van der Waals surface area contributed by atoms with Gasteiger partial charge < -0.3 is 25.5 Å². The zero-order valence-corrected chi connectivity index (χ0v) is 19.3. The van der Waals surface area contributed by atoms with E-state index in [9.17, 15) is 33.1 Å². The highest BCUT2D eigenvalue weighted by Crippen LogP contribution is 2.35. The van der Waals surface area contributed by atoms with Crippen molar-refractivity contribution in [2.45, 2.75) is 50.0 Å². The molecule has 194 valence electrons. The Morgan fingerprint density at radius 1 is 1.42 bits per heavy atom. The number of fused-ring (bicyclic) bond motifs is 1. The third-order valence-corrected chi connectivity index (χ3v) is 6.52. The molecule has 1 aromatic heterocycles. The predicted octanol–water partition coefficient (Wildman–Crippen LogP) is 1.68. The molecule has 5 atom stereocenters. The summed E-state index contributed by atoms with van der Waals surface area (Å²) in [6.45, 7) is 0.0947. The number of halogens is 3. The maximum Gasteiger partial charge on any atom is 0.522 e. The van der Waals surface area contributed by atoms with Crippen LogP contribution in [-0.4, -0.2) is 71.6 Å². The van der Waals surface area contributed by atoms with Gasteiger partial charge in [-0.05, 0) is 37.5 Å². The molecular formula is C23H26F3N5O5. The van der Waals surface area contributed by atoms with Gasteiger partial charge in [-0.25, -0.2) is 0 Å². The maximum absolute atomic E-state index is 13.1. The van der Waals surface area contributed by atoms with Crippen molar-refractivity contribution in [2.24, 2.45) is 5.92 Å². The van der Waals surface area contributed by atoms with Crippen molar-refractivity contribution >= 4 is 22.7 Å². The monoisotopic (exact) mass is 509 g/mol. The predicted molar refractivity (Wildman–Crippen MR) is 119 cm³/mol. The number of aromatic amines is 1. The van der Waals surface area contributed by atoms with Gasteiger partial charge in [0.05, 0.1) is 31.0 Å². The van der Waals surface area contributed by atoms with Crippen LogP contribution in [0.15, 0.2) is 24.3 Å². The van der Waals surface area contributed by atoms with Crippen LogP contribution in [0.2, 0.25) is 0 Å². The van der Waals surface area contributed by atoms with E-state index in [1.807, 2.05) is 6.07 Å². The summed E-state index contributed by atoms with van der Waals surface area (Å²) in [4.78, 5) is 29.2. The molecule has 2 fully saturated rings. The zero-order valence-electron chi connectivity index (χ0n) is 19.3. The first-order chi connectivity index (χ1) is 17.1. The van der Waals surface area contributed by atoms with Crippen LogP contribution >= 0.6 is 0 Å². The average molecular weight is 509 g/mol. The normalized spacial score (nSPS) is 24.3. The quantitative estimate of drug-likeness (QED) is 0.425. The highest BCUT2D eigenvalue weighted by Gasteiger charge is 2.46. The van der Waals surface area contributed by atoms with Gasteiger partial charge in [-0.1, -0.05) is 6.07 Å². The van der Waals surface area contributed by atoms with Gasteiger partial charge in [0.15, 0.2) is 0 Å². The molecule has 0 saturated carbocycles. The number of alkyl halides is 3. The third kappa shape index (κ3) is 5.56. The van der Waals surface area contributed by atoms with Crippen molar-refractivity contribution in [3.05, 3.63) is 30.0 Å². The molecule has 2 amide bonds. The van der Waals surface area contributed by atoms with Gasteiger partial charge in [0.2, 0.25) is 11.8 Å². The lowest BCUT2D eigenvalue weighted by Gasteiger charge is -2.28. The van der Waals surface area contributed by atoms with Gasteiger partial charge >= 0.3 is 6.36 Å². The Balaban J connectivity index is 1.55.